The van der Waals surface area contributed by atoms with Crippen LogP contribution < -0.4 is 5.32 Å². The van der Waals surface area contributed by atoms with Crippen molar-refractivity contribution < 1.29 is 14.3 Å². The van der Waals surface area contributed by atoms with E-state index in [1.54, 1.807) is 0 Å². The van der Waals surface area contributed by atoms with Crippen molar-refractivity contribution in [2.75, 3.05) is 32.7 Å². The van der Waals surface area contributed by atoms with Crippen molar-refractivity contribution >= 4 is 12.0 Å². The van der Waals surface area contributed by atoms with Crippen molar-refractivity contribution in [1.82, 2.24) is 15.1 Å². The number of carbonyl (C=O) groups excluding carboxylic acids is 2. The van der Waals surface area contributed by atoms with Crippen molar-refractivity contribution in [2.45, 2.75) is 65.5 Å². The summed E-state index contributed by atoms with van der Waals surface area (Å²) in [4.78, 5) is 29.6. The quantitative estimate of drug-likeness (QED) is 0.816. The zero-order valence-corrected chi connectivity index (χ0v) is 17.7. The minimum absolute atomic E-state index is 0.128. The molecular formula is C21H37N3O3. The molecule has 0 radical (unpaired) electrons. The number of rotatable bonds is 4. The van der Waals surface area contributed by atoms with E-state index in [-0.39, 0.29) is 18.1 Å². The zero-order valence-electron chi connectivity index (χ0n) is 17.7. The highest BCUT2D eigenvalue weighted by Gasteiger charge is 2.46. The monoisotopic (exact) mass is 379 g/mol. The lowest BCUT2D eigenvalue weighted by Gasteiger charge is -2.26. The van der Waals surface area contributed by atoms with Crippen LogP contribution in [0.4, 0.5) is 4.79 Å². The molecule has 0 bridgehead atoms. The molecule has 0 aromatic heterocycles. The summed E-state index contributed by atoms with van der Waals surface area (Å²) in [5, 5.41) is 3.06. The Hall–Kier alpha value is -1.30. The first-order valence-electron chi connectivity index (χ1n) is 10.6. The molecule has 4 atom stereocenters. The molecule has 0 spiro atoms. The smallest absolute Gasteiger partial charge is 0.407 e. The Morgan fingerprint density at radius 2 is 1.85 bits per heavy atom. The third kappa shape index (κ3) is 5.15. The van der Waals surface area contributed by atoms with E-state index in [2.05, 4.69) is 29.0 Å². The van der Waals surface area contributed by atoms with Gasteiger partial charge in [0, 0.05) is 38.1 Å². The van der Waals surface area contributed by atoms with Gasteiger partial charge in [0.25, 0.3) is 0 Å². The van der Waals surface area contributed by atoms with E-state index in [0.717, 1.165) is 52.0 Å². The predicted octanol–water partition coefficient (Wildman–Crippen LogP) is 2.73. The van der Waals surface area contributed by atoms with E-state index in [1.165, 1.54) is 0 Å². The summed E-state index contributed by atoms with van der Waals surface area (Å²) in [5.74, 6) is 2.01. The van der Waals surface area contributed by atoms with Crippen LogP contribution in [-0.2, 0) is 9.53 Å². The van der Waals surface area contributed by atoms with Gasteiger partial charge in [-0.15, -0.1) is 0 Å². The van der Waals surface area contributed by atoms with Gasteiger partial charge in [0.1, 0.15) is 5.60 Å². The van der Waals surface area contributed by atoms with Crippen LogP contribution in [0.25, 0.3) is 0 Å². The second-order valence-corrected chi connectivity index (χ2v) is 10.1. The molecule has 3 fully saturated rings. The van der Waals surface area contributed by atoms with E-state index in [1.807, 2.05) is 20.8 Å². The lowest BCUT2D eigenvalue weighted by Crippen LogP contribution is -2.43. The lowest BCUT2D eigenvalue weighted by atomic mass is 9.98. The predicted molar refractivity (Wildman–Crippen MR) is 105 cm³/mol. The molecule has 0 unspecified atom stereocenters. The van der Waals surface area contributed by atoms with Crippen molar-refractivity contribution in [3.05, 3.63) is 0 Å². The standard InChI is InChI=1S/C21H37N3O3/c1-14(2)10-23-9-8-16(11-23)19(25)24-12-15-6-7-18(17(15)13-24)22-20(26)27-21(3,4)5/h14-18H,6-13H2,1-5H3,(H,22,26)/t15-,16-,17-,18-/m0/s1. The number of ether oxygens (including phenoxy) is 1. The van der Waals surface area contributed by atoms with Crippen LogP contribution in [0.3, 0.4) is 0 Å². The molecule has 2 amide bonds. The molecule has 154 valence electrons. The first kappa shape index (κ1) is 20.4. The summed E-state index contributed by atoms with van der Waals surface area (Å²) in [6.07, 6.45) is 2.72. The van der Waals surface area contributed by atoms with Crippen molar-refractivity contribution in [3.63, 3.8) is 0 Å². The molecule has 1 N–H and O–H groups in total. The molecule has 2 aliphatic heterocycles. The average Bonchev–Trinajstić information content (AvgIpc) is 3.21. The van der Waals surface area contributed by atoms with Crippen LogP contribution in [-0.4, -0.2) is 66.2 Å². The maximum atomic E-state index is 13.0. The fraction of sp³-hybridized carbons (Fsp3) is 0.905. The maximum Gasteiger partial charge on any atom is 0.407 e. The van der Waals surface area contributed by atoms with Crippen LogP contribution >= 0.6 is 0 Å². The normalized spacial score (nSPS) is 31.4. The van der Waals surface area contributed by atoms with Gasteiger partial charge in [-0.05, 0) is 58.4 Å². The Morgan fingerprint density at radius 3 is 2.52 bits per heavy atom. The van der Waals surface area contributed by atoms with E-state index >= 15 is 0 Å². The zero-order chi connectivity index (χ0) is 19.8. The van der Waals surface area contributed by atoms with E-state index < -0.39 is 5.60 Å². The van der Waals surface area contributed by atoms with Gasteiger partial charge in [-0.1, -0.05) is 13.8 Å². The van der Waals surface area contributed by atoms with Crippen molar-refractivity contribution in [3.8, 4) is 0 Å². The molecule has 0 aromatic rings. The van der Waals surface area contributed by atoms with Gasteiger partial charge in [-0.2, -0.15) is 0 Å². The first-order valence-corrected chi connectivity index (χ1v) is 10.6. The summed E-state index contributed by atoms with van der Waals surface area (Å²) in [6.45, 7) is 14.8. The molecule has 6 nitrogen and oxygen atoms in total. The van der Waals surface area contributed by atoms with Crippen molar-refractivity contribution in [2.24, 2.45) is 23.7 Å². The molecule has 2 heterocycles. The molecule has 3 rings (SSSR count). The third-order valence-corrected chi connectivity index (χ3v) is 6.12. The van der Waals surface area contributed by atoms with E-state index in [0.29, 0.717) is 23.7 Å². The maximum absolute atomic E-state index is 13.0. The van der Waals surface area contributed by atoms with Gasteiger partial charge in [0.05, 0.1) is 5.92 Å². The highest BCUT2D eigenvalue weighted by molar-refractivity contribution is 5.80. The number of hydrogen-bond donors (Lipinski definition) is 1. The average molecular weight is 380 g/mol. The number of hydrogen-bond acceptors (Lipinski definition) is 4. The number of carbonyl (C=O) groups is 2. The minimum Gasteiger partial charge on any atom is -0.444 e. The Morgan fingerprint density at radius 1 is 1.11 bits per heavy atom. The number of nitrogens with zero attached hydrogens (tertiary/aromatic N) is 2. The summed E-state index contributed by atoms with van der Waals surface area (Å²) >= 11 is 0. The summed E-state index contributed by atoms with van der Waals surface area (Å²) in [6, 6.07) is 0.128. The molecule has 6 heteroatoms. The van der Waals surface area contributed by atoms with Gasteiger partial charge >= 0.3 is 6.09 Å². The number of fused-ring (bicyclic) bond motifs is 1. The molecule has 2 saturated heterocycles. The second-order valence-electron chi connectivity index (χ2n) is 10.1. The van der Waals surface area contributed by atoms with Crippen LogP contribution in [0, 0.1) is 23.7 Å². The lowest BCUT2D eigenvalue weighted by molar-refractivity contribution is -0.134. The Balaban J connectivity index is 1.51. The van der Waals surface area contributed by atoms with Gasteiger partial charge < -0.3 is 19.9 Å². The fourth-order valence-electron chi connectivity index (χ4n) is 5.06. The summed E-state index contributed by atoms with van der Waals surface area (Å²) in [7, 11) is 0. The van der Waals surface area contributed by atoms with E-state index in [9.17, 15) is 9.59 Å². The Bertz CT molecular complexity index is 557. The molecule has 1 aliphatic carbocycles. The summed E-state index contributed by atoms with van der Waals surface area (Å²) < 4.78 is 5.41. The van der Waals surface area contributed by atoms with Gasteiger partial charge in [-0.25, -0.2) is 4.79 Å². The molecule has 3 aliphatic rings. The number of nitrogens with one attached hydrogen (secondary N) is 1. The van der Waals surface area contributed by atoms with Gasteiger partial charge in [0.15, 0.2) is 0 Å². The van der Waals surface area contributed by atoms with Crippen LogP contribution in [0.5, 0.6) is 0 Å². The molecule has 27 heavy (non-hydrogen) atoms. The van der Waals surface area contributed by atoms with Crippen LogP contribution in [0.2, 0.25) is 0 Å². The largest absolute Gasteiger partial charge is 0.444 e. The van der Waals surface area contributed by atoms with Gasteiger partial charge in [0.2, 0.25) is 5.91 Å². The Kier molecular flexibility index (Phi) is 6.04. The highest BCUT2D eigenvalue weighted by atomic mass is 16.6. The number of amides is 2. The van der Waals surface area contributed by atoms with Crippen molar-refractivity contribution in [1.29, 1.82) is 0 Å². The number of alkyl carbamates (subject to hydrolysis) is 1. The first-order chi connectivity index (χ1) is 12.6. The van der Waals surface area contributed by atoms with Crippen LogP contribution in [0.1, 0.15) is 53.9 Å². The van der Waals surface area contributed by atoms with Gasteiger partial charge in [-0.3, -0.25) is 4.79 Å². The summed E-state index contributed by atoms with van der Waals surface area (Å²) in [5.41, 5.74) is -0.482. The fourth-order valence-corrected chi connectivity index (χ4v) is 5.06. The van der Waals surface area contributed by atoms with E-state index in [4.69, 9.17) is 4.74 Å². The second kappa shape index (κ2) is 7.98. The molecule has 1 saturated carbocycles. The Labute approximate surface area is 164 Å². The third-order valence-electron chi connectivity index (χ3n) is 6.12. The number of likely N-dealkylation sites (tertiary alicyclic amines) is 2. The molecule has 0 aromatic carbocycles. The highest BCUT2D eigenvalue weighted by Crippen LogP contribution is 2.39. The topological polar surface area (TPSA) is 61.9 Å². The SMILES string of the molecule is CC(C)CN1CC[C@H](C(=O)N2C[C@@H]3CC[C@H](NC(=O)OC(C)(C)C)[C@H]3C2)C1. The molecular weight excluding hydrogens is 342 g/mol. The minimum atomic E-state index is -0.482. The van der Waals surface area contributed by atoms with Crippen LogP contribution in [0.15, 0.2) is 0 Å².